The van der Waals surface area contributed by atoms with Gasteiger partial charge in [-0.3, -0.25) is 48.4 Å². The van der Waals surface area contributed by atoms with Gasteiger partial charge in [0.25, 0.3) is 43.7 Å². The average Bonchev–Trinajstić information content (AvgIpc) is 3.62. The summed E-state index contributed by atoms with van der Waals surface area (Å²) in [6.45, 7) is 1.83. The number of hydrogen-bond acceptors (Lipinski definition) is 11. The molecule has 2 aromatic heterocycles. The number of nitrogens with one attached hydrogen (secondary N) is 2. The maximum atomic E-state index is 13.0. The molecule has 0 saturated carbocycles. The topological polar surface area (TPSA) is 202 Å². The molecule has 2 aliphatic heterocycles. The lowest BCUT2D eigenvalue weighted by Crippen LogP contribution is -2.29. The number of carbonyl (C=O) groups excluding carboxylic acids is 4. The van der Waals surface area contributed by atoms with Gasteiger partial charge in [-0.05, 0) is 78.7 Å². The highest BCUT2D eigenvalue weighted by atomic mass is 32.2. The molecular weight excluding hydrogens is 854 g/mol. The monoisotopic (exact) mass is 884 g/mol. The molecular formula is C42H31F3N6O9S2. The number of nitrogens with zero attached hydrogens (tertiary/aromatic N) is 4. The summed E-state index contributed by atoms with van der Waals surface area (Å²) in [6, 6.07) is 25.8. The molecule has 0 atom stereocenters. The zero-order valence-corrected chi connectivity index (χ0v) is 33.7. The minimum atomic E-state index is -5.12. The van der Waals surface area contributed by atoms with Gasteiger partial charge in [-0.2, -0.15) is 0 Å². The highest BCUT2D eigenvalue weighted by Gasteiger charge is 2.40. The van der Waals surface area contributed by atoms with Gasteiger partial charge in [0.05, 0.1) is 51.6 Å². The second-order valence-electron chi connectivity index (χ2n) is 13.6. The van der Waals surface area contributed by atoms with Crippen LogP contribution in [0.1, 0.15) is 58.1 Å². The van der Waals surface area contributed by atoms with Crippen molar-refractivity contribution < 1.29 is 53.9 Å². The van der Waals surface area contributed by atoms with Crippen LogP contribution in [-0.2, 0) is 33.1 Å². The van der Waals surface area contributed by atoms with Crippen molar-refractivity contribution in [2.45, 2.75) is 36.2 Å². The van der Waals surface area contributed by atoms with Crippen LogP contribution in [0.25, 0.3) is 0 Å². The van der Waals surface area contributed by atoms with Gasteiger partial charge in [0.1, 0.15) is 10.6 Å². The third kappa shape index (κ3) is 9.00. The van der Waals surface area contributed by atoms with Crippen molar-refractivity contribution in [3.63, 3.8) is 0 Å². The van der Waals surface area contributed by atoms with Crippen molar-refractivity contribution in [1.29, 1.82) is 0 Å². The summed E-state index contributed by atoms with van der Waals surface area (Å²) >= 11 is 0. The van der Waals surface area contributed by atoms with E-state index in [2.05, 4.69) is 24.1 Å². The lowest BCUT2D eigenvalue weighted by atomic mass is 10.1. The third-order valence-corrected chi connectivity index (χ3v) is 12.1. The molecule has 0 spiro atoms. The van der Waals surface area contributed by atoms with E-state index in [4.69, 9.17) is 0 Å². The van der Waals surface area contributed by atoms with Crippen LogP contribution in [0.3, 0.4) is 0 Å². The zero-order chi connectivity index (χ0) is 44.4. The fourth-order valence-corrected chi connectivity index (χ4v) is 8.75. The van der Waals surface area contributed by atoms with Gasteiger partial charge in [0.15, 0.2) is 0 Å². The molecule has 0 fully saturated rings. The molecule has 6 aromatic rings. The van der Waals surface area contributed by atoms with E-state index in [1.54, 1.807) is 54.9 Å². The highest BCUT2D eigenvalue weighted by molar-refractivity contribution is 7.93. The molecule has 0 aliphatic carbocycles. The number of aromatic nitrogens is 2. The zero-order valence-electron chi connectivity index (χ0n) is 32.0. The van der Waals surface area contributed by atoms with Gasteiger partial charge in [0.2, 0.25) is 0 Å². The third-order valence-electron chi connectivity index (χ3n) is 9.31. The maximum Gasteiger partial charge on any atom is 0.573 e. The van der Waals surface area contributed by atoms with Gasteiger partial charge < -0.3 is 4.74 Å². The molecule has 62 heavy (non-hydrogen) atoms. The van der Waals surface area contributed by atoms with E-state index in [0.29, 0.717) is 11.1 Å². The Bertz CT molecular complexity index is 2960. The van der Waals surface area contributed by atoms with E-state index in [0.717, 1.165) is 27.5 Å². The number of sulfonamides is 2. The van der Waals surface area contributed by atoms with Gasteiger partial charge in [-0.15, -0.1) is 13.2 Å². The first-order valence-corrected chi connectivity index (χ1v) is 21.1. The molecule has 4 heterocycles. The van der Waals surface area contributed by atoms with Crippen molar-refractivity contribution in [3.8, 4) is 5.75 Å². The number of para-hydroxylation sites is 1. The van der Waals surface area contributed by atoms with Crippen molar-refractivity contribution in [2.75, 3.05) is 9.44 Å². The first-order chi connectivity index (χ1) is 29.4. The summed E-state index contributed by atoms with van der Waals surface area (Å²) in [7, 11) is -8.53. The van der Waals surface area contributed by atoms with E-state index in [1.165, 1.54) is 67.0 Å². The maximum absolute atomic E-state index is 13.0. The van der Waals surface area contributed by atoms with Gasteiger partial charge >= 0.3 is 6.36 Å². The summed E-state index contributed by atoms with van der Waals surface area (Å²) < 4.78 is 97.8. The Hall–Kier alpha value is -7.45. The fraction of sp³-hybridized carbons (Fsp3) is 0.0952. The minimum absolute atomic E-state index is 0.0380. The number of carbonyl (C=O) groups is 4. The number of imide groups is 2. The summed E-state index contributed by atoms with van der Waals surface area (Å²) in [5, 5.41) is 0. The molecule has 0 saturated heterocycles. The molecule has 2 aliphatic rings. The quantitative estimate of drug-likeness (QED) is 0.133. The summed E-state index contributed by atoms with van der Waals surface area (Å²) in [5.41, 5.74) is 2.01. The van der Waals surface area contributed by atoms with E-state index in [9.17, 15) is 49.2 Å². The molecule has 4 aromatic carbocycles. The number of aryl methyl sites for hydroxylation is 1. The van der Waals surface area contributed by atoms with Crippen LogP contribution in [0.15, 0.2) is 144 Å². The van der Waals surface area contributed by atoms with Crippen LogP contribution < -0.4 is 14.2 Å². The predicted molar refractivity (Wildman–Crippen MR) is 216 cm³/mol. The smallest absolute Gasteiger partial charge is 0.404 e. The van der Waals surface area contributed by atoms with E-state index < -0.39 is 60.7 Å². The normalized spacial score (nSPS) is 13.6. The Labute approximate surface area is 351 Å². The first-order valence-electron chi connectivity index (χ1n) is 18.2. The van der Waals surface area contributed by atoms with Crippen molar-refractivity contribution in [2.24, 2.45) is 0 Å². The molecule has 8 rings (SSSR count). The first kappa shape index (κ1) is 42.7. The van der Waals surface area contributed by atoms with Gasteiger partial charge in [0, 0.05) is 24.8 Å². The number of benzene rings is 4. The summed E-state index contributed by atoms with van der Waals surface area (Å²) in [4.78, 5) is 60.7. The van der Waals surface area contributed by atoms with E-state index in [1.807, 2.05) is 6.92 Å². The summed E-state index contributed by atoms with van der Waals surface area (Å²) in [6.07, 6.45) is 1.06. The summed E-state index contributed by atoms with van der Waals surface area (Å²) in [5.74, 6) is -3.34. The van der Waals surface area contributed by atoms with Crippen LogP contribution in [-0.4, -0.2) is 66.6 Å². The molecule has 0 radical (unpaired) electrons. The van der Waals surface area contributed by atoms with Crippen LogP contribution in [0, 0.1) is 6.92 Å². The number of anilines is 2. The Morgan fingerprint density at radius 2 is 1.06 bits per heavy atom. The number of hydrogen-bond donors (Lipinski definition) is 2. The number of halogens is 3. The predicted octanol–water partition coefficient (Wildman–Crippen LogP) is 6.56. The Morgan fingerprint density at radius 1 is 0.581 bits per heavy atom. The van der Waals surface area contributed by atoms with Gasteiger partial charge in [-0.1, -0.05) is 54.1 Å². The van der Waals surface area contributed by atoms with Crippen molar-refractivity contribution in [1.82, 2.24) is 19.8 Å². The molecule has 316 valence electrons. The second-order valence-corrected chi connectivity index (χ2v) is 16.9. The Kier molecular flexibility index (Phi) is 11.6. The van der Waals surface area contributed by atoms with Gasteiger partial charge in [-0.25, -0.2) is 16.8 Å². The number of rotatable bonds is 11. The number of pyridine rings is 2. The van der Waals surface area contributed by atoms with E-state index >= 15 is 0 Å². The second kappa shape index (κ2) is 16.9. The lowest BCUT2D eigenvalue weighted by Gasteiger charge is -2.16. The standard InChI is InChI=1S/C21H14F3N3O5S.C21H17N3O4S/c22-21(23,24)32-16-8-1-2-9-17(16)33(30,31)26-15-7-3-6-14-18(15)20(29)27(19(14)28)12-13-5-4-10-25-11-13;1-14-7-9-16(10-8-14)29(27,28)23-18-6-2-5-17-19(18)21(26)24(20(17)25)13-15-4-3-11-22-12-15/h1-11,26H,12H2;2-12,23H,13H2,1H3. The molecule has 15 nitrogen and oxygen atoms in total. The fourth-order valence-electron chi connectivity index (χ4n) is 6.47. The molecule has 2 N–H and O–H groups in total. The molecule has 20 heteroatoms. The van der Waals surface area contributed by atoms with E-state index in [-0.39, 0.29) is 51.6 Å². The van der Waals surface area contributed by atoms with Crippen LogP contribution in [0.2, 0.25) is 0 Å². The average molecular weight is 885 g/mol. The number of alkyl halides is 3. The minimum Gasteiger partial charge on any atom is -0.404 e. The van der Waals surface area contributed by atoms with Crippen molar-refractivity contribution in [3.05, 3.63) is 173 Å². The lowest BCUT2D eigenvalue weighted by molar-refractivity contribution is -0.275. The Morgan fingerprint density at radius 3 is 1.53 bits per heavy atom. The largest absolute Gasteiger partial charge is 0.573 e. The number of fused-ring (bicyclic) bond motifs is 2. The SMILES string of the molecule is Cc1ccc(S(=O)(=O)Nc2cccc3c2C(=O)N(Cc2cccnc2)C3=O)cc1.O=C1c2cccc(NS(=O)(=O)c3ccccc3OC(F)(F)F)c2C(=O)N1Cc1cccnc1. The number of ether oxygens (including phenoxy) is 1. The highest BCUT2D eigenvalue weighted by Crippen LogP contribution is 2.35. The molecule has 0 unspecified atom stereocenters. The molecule has 0 bridgehead atoms. The van der Waals surface area contributed by atoms with Crippen LogP contribution in [0.4, 0.5) is 24.5 Å². The number of amides is 4. The van der Waals surface area contributed by atoms with Crippen molar-refractivity contribution >= 4 is 55.1 Å². The van der Waals surface area contributed by atoms with Crippen LogP contribution in [0.5, 0.6) is 5.75 Å². The Balaban J connectivity index is 0.000000188. The molecule has 4 amide bonds. The van der Waals surface area contributed by atoms with Crippen LogP contribution >= 0.6 is 0 Å².